The van der Waals surface area contributed by atoms with Crippen LogP contribution in [0.5, 0.6) is 0 Å². The molecular weight excluding hydrogens is 242 g/mol. The standard InChI is InChI=1S/C19H25N/c1-5-15-11-14(3)20-18-9-8-16(12-17(15)18)19(4)10-6-7-13(19)2/h8-9,11-13H,5-7,10H2,1-4H3/t13?,19-/m1/s1. The van der Waals surface area contributed by atoms with Gasteiger partial charge < -0.3 is 0 Å². The van der Waals surface area contributed by atoms with Gasteiger partial charge in [0.15, 0.2) is 0 Å². The van der Waals surface area contributed by atoms with Gasteiger partial charge in [-0.15, -0.1) is 0 Å². The van der Waals surface area contributed by atoms with Crippen molar-refractivity contribution in [1.82, 2.24) is 4.98 Å². The molecule has 1 heteroatoms. The predicted molar refractivity (Wildman–Crippen MR) is 86.2 cm³/mol. The van der Waals surface area contributed by atoms with Crippen LogP contribution in [0.25, 0.3) is 10.9 Å². The minimum atomic E-state index is 0.351. The second-order valence-corrected chi connectivity index (χ2v) is 6.72. The molecule has 1 saturated carbocycles. The molecule has 1 unspecified atom stereocenters. The van der Waals surface area contributed by atoms with Crippen molar-refractivity contribution in [2.24, 2.45) is 5.92 Å². The van der Waals surface area contributed by atoms with E-state index in [1.807, 2.05) is 0 Å². The molecule has 1 fully saturated rings. The molecule has 20 heavy (non-hydrogen) atoms. The van der Waals surface area contributed by atoms with Crippen LogP contribution in [-0.4, -0.2) is 4.98 Å². The minimum absolute atomic E-state index is 0.351. The lowest BCUT2D eigenvalue weighted by molar-refractivity contribution is 0.371. The largest absolute Gasteiger partial charge is 0.253 e. The number of fused-ring (bicyclic) bond motifs is 1. The summed E-state index contributed by atoms with van der Waals surface area (Å²) in [6, 6.07) is 9.21. The van der Waals surface area contributed by atoms with Crippen LogP contribution in [0.15, 0.2) is 24.3 Å². The van der Waals surface area contributed by atoms with Crippen molar-refractivity contribution in [3.8, 4) is 0 Å². The summed E-state index contributed by atoms with van der Waals surface area (Å²) in [5, 5.41) is 1.36. The molecule has 1 aliphatic carbocycles. The minimum Gasteiger partial charge on any atom is -0.253 e. The van der Waals surface area contributed by atoms with Gasteiger partial charge in [-0.05, 0) is 66.8 Å². The monoisotopic (exact) mass is 267 g/mol. The van der Waals surface area contributed by atoms with Crippen LogP contribution in [0.4, 0.5) is 0 Å². The summed E-state index contributed by atoms with van der Waals surface area (Å²) in [6.45, 7) is 9.18. The van der Waals surface area contributed by atoms with Crippen LogP contribution in [-0.2, 0) is 11.8 Å². The summed E-state index contributed by atoms with van der Waals surface area (Å²) >= 11 is 0. The number of hydrogen-bond donors (Lipinski definition) is 0. The second-order valence-electron chi connectivity index (χ2n) is 6.72. The van der Waals surface area contributed by atoms with Gasteiger partial charge in [0.1, 0.15) is 0 Å². The van der Waals surface area contributed by atoms with Gasteiger partial charge in [0.25, 0.3) is 0 Å². The van der Waals surface area contributed by atoms with E-state index in [1.165, 1.54) is 35.8 Å². The first kappa shape index (κ1) is 13.6. The average Bonchev–Trinajstić information content (AvgIpc) is 2.78. The number of aryl methyl sites for hydroxylation is 2. The first-order valence-corrected chi connectivity index (χ1v) is 7.95. The molecule has 1 aromatic heterocycles. The van der Waals surface area contributed by atoms with E-state index in [9.17, 15) is 0 Å². The van der Waals surface area contributed by atoms with Gasteiger partial charge in [-0.1, -0.05) is 33.3 Å². The van der Waals surface area contributed by atoms with E-state index >= 15 is 0 Å². The molecule has 0 radical (unpaired) electrons. The molecule has 0 N–H and O–H groups in total. The third kappa shape index (κ3) is 2.04. The number of nitrogens with zero attached hydrogens (tertiary/aromatic N) is 1. The normalized spacial score (nSPS) is 26.3. The Morgan fingerprint density at radius 2 is 2.10 bits per heavy atom. The van der Waals surface area contributed by atoms with Crippen LogP contribution < -0.4 is 0 Å². The summed E-state index contributed by atoms with van der Waals surface area (Å²) in [6.07, 6.45) is 5.12. The van der Waals surface area contributed by atoms with E-state index in [4.69, 9.17) is 4.98 Å². The summed E-state index contributed by atoms with van der Waals surface area (Å²) in [5.41, 5.74) is 5.57. The van der Waals surface area contributed by atoms with Crippen molar-refractivity contribution in [3.63, 3.8) is 0 Å². The summed E-state index contributed by atoms with van der Waals surface area (Å²) in [7, 11) is 0. The molecule has 1 heterocycles. The third-order valence-electron chi connectivity index (χ3n) is 5.48. The van der Waals surface area contributed by atoms with E-state index < -0.39 is 0 Å². The van der Waals surface area contributed by atoms with Crippen molar-refractivity contribution in [1.29, 1.82) is 0 Å². The molecule has 3 rings (SSSR count). The van der Waals surface area contributed by atoms with Gasteiger partial charge in [-0.2, -0.15) is 0 Å². The Hall–Kier alpha value is -1.37. The van der Waals surface area contributed by atoms with Gasteiger partial charge in [0.05, 0.1) is 5.52 Å². The first-order chi connectivity index (χ1) is 9.54. The summed E-state index contributed by atoms with van der Waals surface area (Å²) in [4.78, 5) is 4.69. The summed E-state index contributed by atoms with van der Waals surface area (Å²) < 4.78 is 0. The highest BCUT2D eigenvalue weighted by molar-refractivity contribution is 5.83. The quantitative estimate of drug-likeness (QED) is 0.730. The van der Waals surface area contributed by atoms with Gasteiger partial charge in [-0.3, -0.25) is 4.98 Å². The van der Waals surface area contributed by atoms with E-state index in [1.54, 1.807) is 0 Å². The molecule has 106 valence electrons. The molecule has 1 nitrogen and oxygen atoms in total. The molecule has 2 aromatic rings. The van der Waals surface area contributed by atoms with Crippen molar-refractivity contribution < 1.29 is 0 Å². The smallest absolute Gasteiger partial charge is 0.0708 e. The Kier molecular flexibility index (Phi) is 3.32. The van der Waals surface area contributed by atoms with E-state index in [-0.39, 0.29) is 0 Å². The SMILES string of the molecule is CCc1cc(C)nc2ccc([C@]3(C)CCCC3C)cc12. The maximum absolute atomic E-state index is 4.69. The highest BCUT2D eigenvalue weighted by Gasteiger charge is 2.37. The zero-order chi connectivity index (χ0) is 14.3. The Balaban J connectivity index is 2.17. The van der Waals surface area contributed by atoms with Gasteiger partial charge in [0.2, 0.25) is 0 Å². The molecule has 0 bridgehead atoms. The Labute approximate surface area is 122 Å². The Morgan fingerprint density at radius 3 is 2.75 bits per heavy atom. The van der Waals surface area contributed by atoms with Gasteiger partial charge in [0, 0.05) is 11.1 Å². The van der Waals surface area contributed by atoms with Crippen LogP contribution in [0.2, 0.25) is 0 Å². The van der Waals surface area contributed by atoms with Crippen molar-refractivity contribution in [2.45, 2.75) is 58.8 Å². The molecule has 2 atom stereocenters. The zero-order valence-electron chi connectivity index (χ0n) is 13.2. The molecule has 1 aliphatic rings. The highest BCUT2D eigenvalue weighted by Crippen LogP contribution is 2.45. The first-order valence-electron chi connectivity index (χ1n) is 7.95. The molecule has 0 amide bonds. The highest BCUT2D eigenvalue weighted by atomic mass is 14.7. The topological polar surface area (TPSA) is 12.9 Å². The maximum atomic E-state index is 4.69. The van der Waals surface area contributed by atoms with Gasteiger partial charge in [-0.25, -0.2) is 0 Å². The second kappa shape index (κ2) is 4.87. The van der Waals surface area contributed by atoms with Crippen LogP contribution in [0.3, 0.4) is 0 Å². The lowest BCUT2D eigenvalue weighted by Crippen LogP contribution is -2.24. The van der Waals surface area contributed by atoms with Crippen molar-refractivity contribution >= 4 is 10.9 Å². The van der Waals surface area contributed by atoms with Crippen LogP contribution >= 0.6 is 0 Å². The Bertz CT molecular complexity index is 644. The van der Waals surface area contributed by atoms with Gasteiger partial charge >= 0.3 is 0 Å². The molecule has 0 spiro atoms. The molecular formula is C19H25N. The number of hydrogen-bond acceptors (Lipinski definition) is 1. The number of rotatable bonds is 2. The third-order valence-corrected chi connectivity index (χ3v) is 5.48. The fourth-order valence-electron chi connectivity index (χ4n) is 3.86. The average molecular weight is 267 g/mol. The Morgan fingerprint density at radius 1 is 1.30 bits per heavy atom. The maximum Gasteiger partial charge on any atom is 0.0708 e. The number of aromatic nitrogens is 1. The number of benzene rings is 1. The fourth-order valence-corrected chi connectivity index (χ4v) is 3.86. The van der Waals surface area contributed by atoms with E-state index in [0.717, 1.165) is 23.5 Å². The lowest BCUT2D eigenvalue weighted by Gasteiger charge is -2.30. The van der Waals surface area contributed by atoms with Crippen LogP contribution in [0.1, 0.15) is 56.9 Å². The molecule has 0 aliphatic heterocycles. The lowest BCUT2D eigenvalue weighted by atomic mass is 9.74. The van der Waals surface area contributed by atoms with Crippen LogP contribution in [0, 0.1) is 12.8 Å². The number of pyridine rings is 1. The summed E-state index contributed by atoms with van der Waals surface area (Å²) in [5.74, 6) is 0.781. The predicted octanol–water partition coefficient (Wildman–Crippen LogP) is 5.18. The van der Waals surface area contributed by atoms with E-state index in [0.29, 0.717) is 5.41 Å². The fraction of sp³-hybridized carbons (Fsp3) is 0.526. The molecule has 0 saturated heterocycles. The van der Waals surface area contributed by atoms with E-state index in [2.05, 4.69) is 52.0 Å². The molecule has 1 aromatic carbocycles. The zero-order valence-corrected chi connectivity index (χ0v) is 13.2. The van der Waals surface area contributed by atoms with Crippen molar-refractivity contribution in [3.05, 3.63) is 41.1 Å². The van der Waals surface area contributed by atoms with Crippen molar-refractivity contribution in [2.75, 3.05) is 0 Å².